The van der Waals surface area contributed by atoms with Gasteiger partial charge in [-0.2, -0.15) is 0 Å². The fourth-order valence-corrected chi connectivity index (χ4v) is 3.69. The molecule has 0 aliphatic heterocycles. The van der Waals surface area contributed by atoms with Crippen molar-refractivity contribution in [2.45, 2.75) is 25.3 Å². The Labute approximate surface area is 156 Å². The highest BCUT2D eigenvalue weighted by Crippen LogP contribution is 2.18. The van der Waals surface area contributed by atoms with E-state index in [4.69, 9.17) is 4.74 Å². The summed E-state index contributed by atoms with van der Waals surface area (Å²) in [5.41, 5.74) is 1.32. The van der Waals surface area contributed by atoms with E-state index in [1.807, 2.05) is 13.0 Å². The van der Waals surface area contributed by atoms with Gasteiger partial charge in [-0.1, -0.05) is 25.1 Å². The molecule has 2 heterocycles. The first kappa shape index (κ1) is 18.8. The molecule has 3 rings (SSSR count). The lowest BCUT2D eigenvalue weighted by Gasteiger charge is -2.10. The largest absolute Gasteiger partial charge is 0.456 e. The van der Waals surface area contributed by atoms with Crippen molar-refractivity contribution < 1.29 is 17.9 Å². The Morgan fingerprint density at radius 3 is 2.67 bits per heavy atom. The van der Waals surface area contributed by atoms with Crippen LogP contribution in [0.2, 0.25) is 0 Å². The zero-order valence-corrected chi connectivity index (χ0v) is 15.7. The van der Waals surface area contributed by atoms with E-state index in [2.05, 4.69) is 4.98 Å². The van der Waals surface area contributed by atoms with Gasteiger partial charge < -0.3 is 4.74 Å². The second kappa shape index (κ2) is 7.32. The fourth-order valence-electron chi connectivity index (χ4n) is 2.61. The minimum Gasteiger partial charge on any atom is -0.456 e. The highest BCUT2D eigenvalue weighted by Gasteiger charge is 2.21. The van der Waals surface area contributed by atoms with Crippen molar-refractivity contribution in [1.82, 2.24) is 9.38 Å². The molecule has 0 spiro atoms. The Morgan fingerprint density at radius 2 is 1.93 bits per heavy atom. The number of hydrogen-bond acceptors (Lipinski definition) is 6. The molecule has 0 bridgehead atoms. The maximum Gasteiger partial charge on any atom is 0.339 e. The number of rotatable bonds is 5. The Bertz CT molecular complexity index is 1180. The summed E-state index contributed by atoms with van der Waals surface area (Å²) in [6.45, 7) is 3.13. The third-order valence-electron chi connectivity index (χ3n) is 4.03. The van der Waals surface area contributed by atoms with Gasteiger partial charge in [-0.05, 0) is 30.7 Å². The highest BCUT2D eigenvalue weighted by molar-refractivity contribution is 7.91. The monoisotopic (exact) mass is 386 g/mol. The standard InChI is InChI=1S/C19H18N2O5S/c1-3-27(24,25)16-7-5-4-6-15(16)19(23)26-12-14-10-18(22)21-11-13(2)8-9-17(21)20-14/h4-11H,3,12H2,1-2H3. The van der Waals surface area contributed by atoms with Gasteiger partial charge in [0.15, 0.2) is 9.84 Å². The summed E-state index contributed by atoms with van der Waals surface area (Å²) in [6, 6.07) is 10.7. The molecular formula is C19H18N2O5S. The van der Waals surface area contributed by atoms with Crippen LogP contribution < -0.4 is 5.56 Å². The van der Waals surface area contributed by atoms with E-state index >= 15 is 0 Å². The van der Waals surface area contributed by atoms with Gasteiger partial charge in [0.2, 0.25) is 0 Å². The molecule has 7 nitrogen and oxygen atoms in total. The molecule has 0 aliphatic rings. The number of carbonyl (C=O) groups excluding carboxylic acids is 1. The van der Waals surface area contributed by atoms with E-state index in [-0.39, 0.29) is 34.1 Å². The van der Waals surface area contributed by atoms with Crippen molar-refractivity contribution in [3.05, 3.63) is 75.8 Å². The molecular weight excluding hydrogens is 368 g/mol. The molecule has 1 aromatic carbocycles. The summed E-state index contributed by atoms with van der Waals surface area (Å²) in [4.78, 5) is 28.8. The second-order valence-corrected chi connectivity index (χ2v) is 8.24. The van der Waals surface area contributed by atoms with Gasteiger partial charge in [-0.15, -0.1) is 0 Å². The minimum atomic E-state index is -3.57. The third kappa shape index (κ3) is 3.90. The van der Waals surface area contributed by atoms with Crippen molar-refractivity contribution in [2.75, 3.05) is 5.75 Å². The van der Waals surface area contributed by atoms with Gasteiger partial charge in [-0.3, -0.25) is 9.20 Å². The summed E-state index contributed by atoms with van der Waals surface area (Å²) >= 11 is 0. The number of benzene rings is 1. The number of nitrogens with zero attached hydrogens (tertiary/aromatic N) is 2. The lowest BCUT2D eigenvalue weighted by molar-refractivity contribution is 0.0463. The van der Waals surface area contributed by atoms with Crippen molar-refractivity contribution >= 4 is 21.5 Å². The molecule has 0 amide bonds. The average molecular weight is 386 g/mol. The predicted molar refractivity (Wildman–Crippen MR) is 99.5 cm³/mol. The van der Waals surface area contributed by atoms with E-state index in [0.29, 0.717) is 5.65 Å². The molecule has 0 saturated carbocycles. The highest BCUT2D eigenvalue weighted by atomic mass is 32.2. The quantitative estimate of drug-likeness (QED) is 0.624. The predicted octanol–water partition coefficient (Wildman–Crippen LogP) is 2.15. The first-order chi connectivity index (χ1) is 12.8. The van der Waals surface area contributed by atoms with Crippen molar-refractivity contribution in [1.29, 1.82) is 0 Å². The first-order valence-corrected chi connectivity index (χ1v) is 9.95. The number of esters is 1. The molecule has 140 valence electrons. The number of hydrogen-bond donors (Lipinski definition) is 0. The van der Waals surface area contributed by atoms with Crippen molar-refractivity contribution in [3.8, 4) is 0 Å². The van der Waals surface area contributed by atoms with Crippen LogP contribution >= 0.6 is 0 Å². The van der Waals surface area contributed by atoms with Crippen LogP contribution in [0.3, 0.4) is 0 Å². The molecule has 0 atom stereocenters. The van der Waals surface area contributed by atoms with E-state index in [0.717, 1.165) is 5.56 Å². The molecule has 0 fully saturated rings. The van der Waals surface area contributed by atoms with Crippen LogP contribution in [0, 0.1) is 6.92 Å². The van der Waals surface area contributed by atoms with E-state index in [1.54, 1.807) is 24.4 Å². The van der Waals surface area contributed by atoms with Crippen LogP contribution in [0.4, 0.5) is 0 Å². The summed E-state index contributed by atoms with van der Waals surface area (Å²) in [7, 11) is -3.57. The molecule has 27 heavy (non-hydrogen) atoms. The molecule has 8 heteroatoms. The van der Waals surface area contributed by atoms with Crippen LogP contribution in [0.5, 0.6) is 0 Å². The van der Waals surface area contributed by atoms with Gasteiger partial charge in [0.05, 0.1) is 21.9 Å². The number of carbonyl (C=O) groups is 1. The van der Waals surface area contributed by atoms with E-state index < -0.39 is 15.8 Å². The van der Waals surface area contributed by atoms with E-state index in [1.165, 1.54) is 29.5 Å². The van der Waals surface area contributed by atoms with Crippen molar-refractivity contribution in [2.24, 2.45) is 0 Å². The number of ether oxygens (including phenoxy) is 1. The van der Waals surface area contributed by atoms with Crippen LogP contribution in [0.15, 0.2) is 58.4 Å². The lowest BCUT2D eigenvalue weighted by Crippen LogP contribution is -2.17. The Morgan fingerprint density at radius 1 is 1.19 bits per heavy atom. The third-order valence-corrected chi connectivity index (χ3v) is 5.82. The molecule has 0 aliphatic carbocycles. The molecule has 0 unspecified atom stereocenters. The fraction of sp³-hybridized carbons (Fsp3) is 0.211. The summed E-state index contributed by atoms with van der Waals surface area (Å²) < 4.78 is 30.9. The maximum absolute atomic E-state index is 12.4. The number of fused-ring (bicyclic) bond motifs is 1. The minimum absolute atomic E-state index is 0.0347. The Kier molecular flexibility index (Phi) is 5.09. The van der Waals surface area contributed by atoms with Crippen LogP contribution in [0.1, 0.15) is 28.5 Å². The number of aromatic nitrogens is 2. The molecule has 3 aromatic rings. The van der Waals surface area contributed by atoms with Gasteiger partial charge in [0.1, 0.15) is 12.3 Å². The number of aryl methyl sites for hydroxylation is 1. The summed E-state index contributed by atoms with van der Waals surface area (Å²) in [6.07, 6.45) is 1.67. The topological polar surface area (TPSA) is 94.8 Å². The zero-order valence-electron chi connectivity index (χ0n) is 14.9. The van der Waals surface area contributed by atoms with Crippen LogP contribution in [-0.2, 0) is 21.2 Å². The van der Waals surface area contributed by atoms with Gasteiger partial charge in [0, 0.05) is 12.3 Å². The smallest absolute Gasteiger partial charge is 0.339 e. The maximum atomic E-state index is 12.4. The molecule has 0 saturated heterocycles. The Balaban J connectivity index is 1.86. The first-order valence-electron chi connectivity index (χ1n) is 8.29. The Hall–Kier alpha value is -3.00. The normalized spacial score (nSPS) is 11.5. The van der Waals surface area contributed by atoms with Crippen LogP contribution in [-0.4, -0.2) is 29.5 Å². The second-order valence-electron chi connectivity index (χ2n) is 6.00. The van der Waals surface area contributed by atoms with Gasteiger partial charge in [0.25, 0.3) is 5.56 Å². The zero-order chi connectivity index (χ0) is 19.6. The molecule has 0 N–H and O–H groups in total. The average Bonchev–Trinajstić information content (AvgIpc) is 2.66. The van der Waals surface area contributed by atoms with Crippen LogP contribution in [0.25, 0.3) is 5.65 Å². The molecule has 0 radical (unpaired) electrons. The van der Waals surface area contributed by atoms with Crippen molar-refractivity contribution in [3.63, 3.8) is 0 Å². The number of pyridine rings is 1. The SMILES string of the molecule is CCS(=O)(=O)c1ccccc1C(=O)OCc1cc(=O)n2cc(C)ccc2n1. The summed E-state index contributed by atoms with van der Waals surface area (Å²) in [5, 5.41) is 0. The van der Waals surface area contributed by atoms with Gasteiger partial charge >= 0.3 is 5.97 Å². The number of sulfone groups is 1. The van der Waals surface area contributed by atoms with Gasteiger partial charge in [-0.25, -0.2) is 18.2 Å². The lowest BCUT2D eigenvalue weighted by atomic mass is 10.2. The summed E-state index contributed by atoms with van der Waals surface area (Å²) in [5.74, 6) is -0.909. The molecule has 2 aromatic heterocycles. The van der Waals surface area contributed by atoms with E-state index in [9.17, 15) is 18.0 Å².